The Labute approximate surface area is 240 Å². The largest absolute Gasteiger partial charge is 0.489 e. The summed E-state index contributed by atoms with van der Waals surface area (Å²) < 4.78 is 5.78. The number of ether oxygens (including phenoxy) is 1. The number of amides is 2. The van der Waals surface area contributed by atoms with E-state index in [-0.39, 0.29) is 18.0 Å². The summed E-state index contributed by atoms with van der Waals surface area (Å²) in [6.07, 6.45) is 4.68. The predicted molar refractivity (Wildman–Crippen MR) is 153 cm³/mol. The molecule has 0 saturated carbocycles. The van der Waals surface area contributed by atoms with Gasteiger partial charge in [-0.1, -0.05) is 42.5 Å². The Hall–Kier alpha value is -3.76. The van der Waals surface area contributed by atoms with Crippen molar-refractivity contribution in [2.45, 2.75) is 45.1 Å². The Bertz CT molecular complexity index is 1200. The molecule has 2 fully saturated rings. The van der Waals surface area contributed by atoms with Crippen molar-refractivity contribution in [3.63, 3.8) is 0 Å². The topological polar surface area (TPSA) is 142 Å². The highest BCUT2D eigenvalue weighted by Crippen LogP contribution is 2.23. The molecule has 2 saturated heterocycles. The number of benzene rings is 2. The minimum absolute atomic E-state index is 0.0394. The molecule has 2 aliphatic heterocycles. The lowest BCUT2D eigenvalue weighted by atomic mass is 9.92. The van der Waals surface area contributed by atoms with Gasteiger partial charge in [-0.3, -0.25) is 24.2 Å². The molecule has 2 aromatic rings. The first kappa shape index (κ1) is 30.2. The number of carboxylic acids is 1. The van der Waals surface area contributed by atoms with Gasteiger partial charge in [0, 0.05) is 25.1 Å². The number of hydrogen-bond acceptors (Lipinski definition) is 7. The number of nitrogens with two attached hydrogens (primary N) is 1. The van der Waals surface area contributed by atoms with Gasteiger partial charge in [0.25, 0.3) is 0 Å². The zero-order valence-corrected chi connectivity index (χ0v) is 23.4. The van der Waals surface area contributed by atoms with Gasteiger partial charge in [-0.2, -0.15) is 0 Å². The van der Waals surface area contributed by atoms with Crippen molar-refractivity contribution in [2.24, 2.45) is 23.6 Å². The molecule has 0 aromatic heterocycles. The summed E-state index contributed by atoms with van der Waals surface area (Å²) in [5, 5.41) is 14.0. The average molecular weight is 565 g/mol. The fourth-order valence-electron chi connectivity index (χ4n) is 5.54. The van der Waals surface area contributed by atoms with Crippen LogP contribution in [0.15, 0.2) is 54.6 Å². The molecular formula is C31H40N4O6. The highest BCUT2D eigenvalue weighted by atomic mass is 16.5. The monoisotopic (exact) mass is 564 g/mol. The second kappa shape index (κ2) is 14.7. The van der Waals surface area contributed by atoms with Crippen molar-refractivity contribution in [3.8, 4) is 5.75 Å². The van der Waals surface area contributed by atoms with Crippen molar-refractivity contribution in [3.05, 3.63) is 65.7 Å². The number of nitrogens with zero attached hydrogens (tertiary/aromatic N) is 2. The number of piperidine rings is 2. The van der Waals surface area contributed by atoms with Crippen LogP contribution < -0.4 is 15.9 Å². The lowest BCUT2D eigenvalue weighted by Crippen LogP contribution is -2.51. The number of carbonyl (C=O) groups excluding carboxylic acids is 3. The molecule has 0 spiro atoms. The van der Waals surface area contributed by atoms with E-state index in [0.717, 1.165) is 42.9 Å². The van der Waals surface area contributed by atoms with Crippen LogP contribution in [-0.4, -0.2) is 71.3 Å². The second-order valence-electron chi connectivity index (χ2n) is 11.0. The first-order valence-corrected chi connectivity index (χ1v) is 14.4. The number of hydrazine groups is 1. The summed E-state index contributed by atoms with van der Waals surface area (Å²) in [6, 6.07) is 15.9. The van der Waals surface area contributed by atoms with Crippen LogP contribution in [0.3, 0.4) is 0 Å². The van der Waals surface area contributed by atoms with Gasteiger partial charge in [0.2, 0.25) is 11.8 Å². The van der Waals surface area contributed by atoms with E-state index in [1.165, 1.54) is 12.1 Å². The molecule has 220 valence electrons. The number of carbonyl (C=O) groups is 4. The van der Waals surface area contributed by atoms with Crippen molar-refractivity contribution in [1.29, 1.82) is 0 Å². The van der Waals surface area contributed by atoms with Crippen LogP contribution in [0.2, 0.25) is 0 Å². The SMILES string of the molecule is NN(C[C@H](C(=O)O)C(=O)c1cccc(OCc2ccccc2)c1)C(=O)[C@@H]1CCCN(C(=O)CCC2CCNCC2)C1. The second-order valence-corrected chi connectivity index (χ2v) is 11.0. The standard InChI is InChI=1S/C31H40N4O6/c32-35(30(38)25-9-5-17-34(19-25)28(36)12-11-22-13-15-33-16-14-22)20-27(31(39)40)29(37)24-8-4-10-26(18-24)41-21-23-6-2-1-3-7-23/h1-4,6-8,10,18,22,25,27,33H,5,9,11-17,19-21,32H2,(H,39,40)/t25-,27+/m1/s1. The Morgan fingerprint density at radius 1 is 1.05 bits per heavy atom. The Morgan fingerprint density at radius 2 is 1.80 bits per heavy atom. The van der Waals surface area contributed by atoms with E-state index in [2.05, 4.69) is 5.32 Å². The Morgan fingerprint density at radius 3 is 2.54 bits per heavy atom. The van der Waals surface area contributed by atoms with Crippen LogP contribution in [-0.2, 0) is 21.0 Å². The van der Waals surface area contributed by atoms with Crippen LogP contribution in [0.25, 0.3) is 0 Å². The zero-order chi connectivity index (χ0) is 29.2. The van der Waals surface area contributed by atoms with Gasteiger partial charge in [0.1, 0.15) is 18.3 Å². The molecule has 2 heterocycles. The summed E-state index contributed by atoms with van der Waals surface area (Å²) in [6.45, 7) is 2.65. The number of likely N-dealkylation sites (tertiary alicyclic amines) is 1. The van der Waals surface area contributed by atoms with E-state index in [1.54, 1.807) is 17.0 Å². The summed E-state index contributed by atoms with van der Waals surface area (Å²) in [5.74, 6) is 2.51. The van der Waals surface area contributed by atoms with Crippen LogP contribution in [0, 0.1) is 17.8 Å². The van der Waals surface area contributed by atoms with E-state index in [9.17, 15) is 24.3 Å². The van der Waals surface area contributed by atoms with Crippen molar-refractivity contribution in [1.82, 2.24) is 15.2 Å². The van der Waals surface area contributed by atoms with E-state index in [4.69, 9.17) is 10.6 Å². The van der Waals surface area contributed by atoms with Gasteiger partial charge in [0.15, 0.2) is 5.78 Å². The molecule has 2 atom stereocenters. The number of rotatable bonds is 12. The van der Waals surface area contributed by atoms with E-state index >= 15 is 0 Å². The van der Waals surface area contributed by atoms with Crippen molar-refractivity contribution >= 4 is 23.6 Å². The highest BCUT2D eigenvalue weighted by molar-refractivity contribution is 6.08. The first-order valence-electron chi connectivity index (χ1n) is 14.4. The zero-order valence-electron chi connectivity index (χ0n) is 23.4. The third-order valence-electron chi connectivity index (χ3n) is 7.99. The van der Waals surface area contributed by atoms with Crippen molar-refractivity contribution in [2.75, 3.05) is 32.7 Å². The minimum Gasteiger partial charge on any atom is -0.489 e. The van der Waals surface area contributed by atoms with Gasteiger partial charge < -0.3 is 20.1 Å². The highest BCUT2D eigenvalue weighted by Gasteiger charge is 2.35. The Balaban J connectivity index is 1.32. The molecule has 2 amide bonds. The van der Waals surface area contributed by atoms with Crippen LogP contribution in [0.1, 0.15) is 54.4 Å². The van der Waals surface area contributed by atoms with E-state index in [0.29, 0.717) is 44.1 Å². The molecule has 4 rings (SSSR count). The predicted octanol–water partition coefficient (Wildman–Crippen LogP) is 2.87. The quantitative estimate of drug-likeness (QED) is 0.117. The molecule has 0 bridgehead atoms. The fraction of sp³-hybridized carbons (Fsp3) is 0.484. The van der Waals surface area contributed by atoms with Crippen molar-refractivity contribution < 1.29 is 29.0 Å². The number of nitrogens with one attached hydrogen (secondary N) is 1. The molecule has 0 unspecified atom stereocenters. The maximum Gasteiger partial charge on any atom is 0.316 e. The maximum absolute atomic E-state index is 13.2. The summed E-state index contributed by atoms with van der Waals surface area (Å²) in [7, 11) is 0. The normalized spacial score (nSPS) is 18.4. The number of carboxylic acid groups (broad SMARTS) is 1. The van der Waals surface area contributed by atoms with E-state index in [1.807, 2.05) is 30.3 Å². The third-order valence-corrected chi connectivity index (χ3v) is 7.99. The molecule has 0 aliphatic carbocycles. The number of aliphatic carboxylic acids is 1. The van der Waals surface area contributed by atoms with Crippen LogP contribution in [0.5, 0.6) is 5.75 Å². The number of Topliss-reactive ketones (excluding diaryl/α,β-unsaturated/α-hetero) is 1. The summed E-state index contributed by atoms with van der Waals surface area (Å²) in [5.41, 5.74) is 1.11. The van der Waals surface area contributed by atoms with Crippen LogP contribution in [0.4, 0.5) is 0 Å². The number of ketones is 1. The van der Waals surface area contributed by atoms with Gasteiger partial charge in [-0.25, -0.2) is 5.84 Å². The van der Waals surface area contributed by atoms with Gasteiger partial charge in [-0.05, 0) is 68.8 Å². The lowest BCUT2D eigenvalue weighted by molar-refractivity contribution is -0.144. The summed E-state index contributed by atoms with van der Waals surface area (Å²) >= 11 is 0. The molecule has 10 heteroatoms. The molecule has 2 aliphatic rings. The fourth-order valence-corrected chi connectivity index (χ4v) is 5.54. The molecule has 0 radical (unpaired) electrons. The van der Waals surface area contributed by atoms with Gasteiger partial charge in [0.05, 0.1) is 12.5 Å². The lowest BCUT2D eigenvalue weighted by Gasteiger charge is -2.34. The first-order chi connectivity index (χ1) is 19.8. The number of hydrogen-bond donors (Lipinski definition) is 3. The van der Waals surface area contributed by atoms with Gasteiger partial charge >= 0.3 is 5.97 Å². The van der Waals surface area contributed by atoms with E-state index < -0.39 is 36.0 Å². The molecule has 2 aromatic carbocycles. The van der Waals surface area contributed by atoms with Gasteiger partial charge in [-0.15, -0.1) is 0 Å². The Kier molecular flexibility index (Phi) is 10.9. The molecular weight excluding hydrogens is 524 g/mol. The molecule has 41 heavy (non-hydrogen) atoms. The molecule has 4 N–H and O–H groups in total. The third kappa shape index (κ3) is 8.61. The molecule has 10 nitrogen and oxygen atoms in total. The van der Waals surface area contributed by atoms with Crippen LogP contribution >= 0.6 is 0 Å². The maximum atomic E-state index is 13.2. The smallest absolute Gasteiger partial charge is 0.316 e. The summed E-state index contributed by atoms with van der Waals surface area (Å²) in [4.78, 5) is 53.1. The average Bonchev–Trinajstić information content (AvgIpc) is 3.01. The minimum atomic E-state index is -1.54.